The monoisotopic (exact) mass is 297 g/mol. The molecule has 22 heavy (non-hydrogen) atoms. The lowest BCUT2D eigenvalue weighted by atomic mass is 10.3. The number of furan rings is 1. The van der Waals surface area contributed by atoms with Crippen LogP contribution in [-0.2, 0) is 4.79 Å². The summed E-state index contributed by atoms with van der Waals surface area (Å²) in [6, 6.07) is 7.04. The number of hydrazine groups is 1. The van der Waals surface area contributed by atoms with Gasteiger partial charge in [0.2, 0.25) is 5.82 Å². The van der Waals surface area contributed by atoms with Gasteiger partial charge in [-0.1, -0.05) is 5.16 Å². The van der Waals surface area contributed by atoms with E-state index in [0.717, 1.165) is 5.56 Å². The number of rotatable bonds is 5. The van der Waals surface area contributed by atoms with Crippen LogP contribution in [0.1, 0.15) is 5.76 Å². The second-order valence-corrected chi connectivity index (χ2v) is 4.12. The van der Waals surface area contributed by atoms with Gasteiger partial charge in [-0.15, -0.1) is 0 Å². The van der Waals surface area contributed by atoms with E-state index in [1.165, 1.54) is 18.4 Å². The Balaban J connectivity index is 1.56. The normalized spacial score (nSPS) is 10.7. The van der Waals surface area contributed by atoms with Crippen LogP contribution < -0.4 is 10.9 Å². The first-order chi connectivity index (χ1) is 10.8. The van der Waals surface area contributed by atoms with Crippen LogP contribution >= 0.6 is 0 Å². The average Bonchev–Trinajstić information content (AvgIpc) is 3.23. The molecule has 0 bridgehead atoms. The van der Waals surface area contributed by atoms with Crippen molar-refractivity contribution in [2.24, 2.45) is 0 Å². The first kappa shape index (κ1) is 13.6. The molecule has 3 heterocycles. The van der Waals surface area contributed by atoms with E-state index in [9.17, 15) is 4.79 Å². The Morgan fingerprint density at radius 3 is 2.86 bits per heavy atom. The standard InChI is InChI=1S/C14H11N5O3/c20-12(4-3-11-2-1-9-21-11)17-18-14-16-13(19-22-14)10-5-7-15-8-6-10/h1-9H,(H,17,20)(H,16,18,19). The maximum absolute atomic E-state index is 11.6. The molecular formula is C14H11N5O3. The van der Waals surface area contributed by atoms with Crippen LogP contribution in [0.5, 0.6) is 0 Å². The van der Waals surface area contributed by atoms with Crippen molar-refractivity contribution in [2.75, 3.05) is 5.43 Å². The van der Waals surface area contributed by atoms with Crippen LogP contribution in [0.3, 0.4) is 0 Å². The number of carbonyl (C=O) groups excluding carboxylic acids is 1. The van der Waals surface area contributed by atoms with Crippen LogP contribution in [0.2, 0.25) is 0 Å². The van der Waals surface area contributed by atoms with Gasteiger partial charge in [0.15, 0.2) is 0 Å². The van der Waals surface area contributed by atoms with E-state index in [2.05, 4.69) is 26.0 Å². The molecule has 0 aliphatic heterocycles. The molecule has 0 aliphatic carbocycles. The summed E-state index contributed by atoms with van der Waals surface area (Å²) in [7, 11) is 0. The third-order valence-electron chi connectivity index (χ3n) is 2.60. The van der Waals surface area contributed by atoms with Crippen LogP contribution in [0.4, 0.5) is 6.01 Å². The predicted octanol–water partition coefficient (Wildman–Crippen LogP) is 1.88. The van der Waals surface area contributed by atoms with Crippen molar-refractivity contribution in [3.63, 3.8) is 0 Å². The zero-order valence-electron chi connectivity index (χ0n) is 11.3. The van der Waals surface area contributed by atoms with Gasteiger partial charge in [-0.25, -0.2) is 5.43 Å². The summed E-state index contributed by atoms with van der Waals surface area (Å²) in [6.07, 6.45) is 7.62. The third-order valence-corrected chi connectivity index (χ3v) is 2.60. The highest BCUT2D eigenvalue weighted by atomic mass is 16.5. The molecule has 0 aliphatic rings. The molecule has 3 rings (SSSR count). The van der Waals surface area contributed by atoms with Crippen LogP contribution in [0.25, 0.3) is 17.5 Å². The summed E-state index contributed by atoms with van der Waals surface area (Å²) >= 11 is 0. The molecule has 3 aromatic heterocycles. The number of carbonyl (C=O) groups is 1. The minimum absolute atomic E-state index is 0.0755. The molecule has 8 heteroatoms. The van der Waals surface area contributed by atoms with Crippen LogP contribution in [-0.4, -0.2) is 21.0 Å². The Bertz CT molecular complexity index is 765. The van der Waals surface area contributed by atoms with Gasteiger partial charge in [0.1, 0.15) is 5.76 Å². The fourth-order valence-corrected chi connectivity index (χ4v) is 1.59. The highest BCUT2D eigenvalue weighted by Crippen LogP contribution is 2.15. The van der Waals surface area contributed by atoms with E-state index in [4.69, 9.17) is 8.94 Å². The zero-order chi connectivity index (χ0) is 15.2. The quantitative estimate of drug-likeness (QED) is 0.547. The minimum Gasteiger partial charge on any atom is -0.465 e. The van der Waals surface area contributed by atoms with E-state index in [-0.39, 0.29) is 11.9 Å². The van der Waals surface area contributed by atoms with Gasteiger partial charge in [0.05, 0.1) is 6.26 Å². The largest absolute Gasteiger partial charge is 0.465 e. The molecular weight excluding hydrogens is 286 g/mol. The lowest BCUT2D eigenvalue weighted by Crippen LogP contribution is -2.27. The van der Waals surface area contributed by atoms with Gasteiger partial charge < -0.3 is 8.94 Å². The number of hydrogen-bond acceptors (Lipinski definition) is 7. The van der Waals surface area contributed by atoms with E-state index < -0.39 is 0 Å². The molecule has 0 atom stereocenters. The van der Waals surface area contributed by atoms with E-state index >= 15 is 0 Å². The van der Waals surface area contributed by atoms with Gasteiger partial charge in [-0.3, -0.25) is 15.2 Å². The number of amides is 1. The number of anilines is 1. The van der Waals surface area contributed by atoms with E-state index in [1.54, 1.807) is 36.7 Å². The Morgan fingerprint density at radius 2 is 2.09 bits per heavy atom. The molecule has 110 valence electrons. The molecule has 0 saturated heterocycles. The molecule has 2 N–H and O–H groups in total. The number of nitrogens with one attached hydrogen (secondary N) is 2. The lowest BCUT2D eigenvalue weighted by molar-refractivity contribution is -0.116. The molecule has 0 aromatic carbocycles. The molecule has 0 spiro atoms. The number of hydrogen-bond donors (Lipinski definition) is 2. The topological polar surface area (TPSA) is 106 Å². The van der Waals surface area contributed by atoms with Crippen molar-refractivity contribution in [3.05, 3.63) is 54.8 Å². The van der Waals surface area contributed by atoms with Gasteiger partial charge in [-0.2, -0.15) is 4.98 Å². The molecule has 0 radical (unpaired) electrons. The minimum atomic E-state index is -0.389. The summed E-state index contributed by atoms with van der Waals surface area (Å²) in [6.45, 7) is 0. The average molecular weight is 297 g/mol. The van der Waals surface area contributed by atoms with Crippen molar-refractivity contribution in [2.45, 2.75) is 0 Å². The van der Waals surface area contributed by atoms with Crippen molar-refractivity contribution < 1.29 is 13.7 Å². The van der Waals surface area contributed by atoms with Gasteiger partial charge >= 0.3 is 6.01 Å². The lowest BCUT2D eigenvalue weighted by Gasteiger charge is -1.99. The van der Waals surface area contributed by atoms with Crippen molar-refractivity contribution in [1.29, 1.82) is 0 Å². The van der Waals surface area contributed by atoms with Crippen LogP contribution in [0, 0.1) is 0 Å². The first-order valence-corrected chi connectivity index (χ1v) is 6.33. The Labute approximate surface area is 124 Å². The molecule has 0 saturated carbocycles. The summed E-state index contributed by atoms with van der Waals surface area (Å²) < 4.78 is 10.0. The molecule has 1 amide bonds. The SMILES string of the molecule is O=C(C=Cc1ccco1)NNc1nc(-c2ccncc2)no1. The van der Waals surface area contributed by atoms with Crippen LogP contribution in [0.15, 0.2) is 57.9 Å². The van der Waals surface area contributed by atoms with Crippen molar-refractivity contribution in [3.8, 4) is 11.4 Å². The number of pyridine rings is 1. The second-order valence-electron chi connectivity index (χ2n) is 4.12. The van der Waals surface area contributed by atoms with E-state index in [0.29, 0.717) is 11.6 Å². The zero-order valence-corrected chi connectivity index (χ0v) is 11.3. The van der Waals surface area contributed by atoms with Gasteiger partial charge in [0.25, 0.3) is 5.91 Å². The Hall–Kier alpha value is -3.42. The van der Waals surface area contributed by atoms with E-state index in [1.807, 2.05) is 0 Å². The van der Waals surface area contributed by atoms with Crippen molar-refractivity contribution >= 4 is 18.0 Å². The fourth-order valence-electron chi connectivity index (χ4n) is 1.59. The summed E-state index contributed by atoms with van der Waals surface area (Å²) in [4.78, 5) is 19.6. The molecule has 0 fully saturated rings. The Kier molecular flexibility index (Phi) is 3.92. The maximum Gasteiger partial charge on any atom is 0.340 e. The fraction of sp³-hybridized carbons (Fsp3) is 0. The van der Waals surface area contributed by atoms with Gasteiger partial charge in [-0.05, 0) is 30.3 Å². The Morgan fingerprint density at radius 1 is 1.23 bits per heavy atom. The first-order valence-electron chi connectivity index (χ1n) is 6.33. The molecule has 0 unspecified atom stereocenters. The third kappa shape index (κ3) is 3.37. The number of aromatic nitrogens is 3. The molecule has 3 aromatic rings. The highest BCUT2D eigenvalue weighted by molar-refractivity contribution is 5.91. The summed E-state index contributed by atoms with van der Waals surface area (Å²) in [5.74, 6) is 0.582. The summed E-state index contributed by atoms with van der Waals surface area (Å²) in [5.41, 5.74) is 5.69. The predicted molar refractivity (Wildman–Crippen MR) is 77.0 cm³/mol. The van der Waals surface area contributed by atoms with Crippen molar-refractivity contribution in [1.82, 2.24) is 20.6 Å². The molecule has 8 nitrogen and oxygen atoms in total. The smallest absolute Gasteiger partial charge is 0.340 e. The highest BCUT2D eigenvalue weighted by Gasteiger charge is 2.08. The second kappa shape index (κ2) is 6.35. The summed E-state index contributed by atoms with van der Waals surface area (Å²) in [5, 5.41) is 3.79. The maximum atomic E-state index is 11.6. The number of nitrogens with zero attached hydrogens (tertiary/aromatic N) is 3. The van der Waals surface area contributed by atoms with Gasteiger partial charge in [0, 0.05) is 24.0 Å².